The first-order chi connectivity index (χ1) is 14.1. The van der Waals surface area contributed by atoms with Gasteiger partial charge < -0.3 is 15.2 Å². The van der Waals surface area contributed by atoms with Crippen molar-refractivity contribution < 1.29 is 9.84 Å². The maximum atomic E-state index is 10.6. The van der Waals surface area contributed by atoms with Gasteiger partial charge >= 0.3 is 0 Å². The van der Waals surface area contributed by atoms with E-state index < -0.39 is 6.10 Å². The van der Waals surface area contributed by atoms with Crippen LogP contribution in [-0.2, 0) is 19.3 Å². The number of nitrogens with one attached hydrogen (secondary N) is 1. The molecule has 0 fully saturated rings. The van der Waals surface area contributed by atoms with Crippen molar-refractivity contribution in [3.8, 4) is 11.8 Å². The molecule has 2 aromatic heterocycles. The Morgan fingerprint density at radius 3 is 2.59 bits per heavy atom. The predicted octanol–water partition coefficient (Wildman–Crippen LogP) is 4.17. The topological polar surface area (TPSA) is 80.2 Å². The van der Waals surface area contributed by atoms with Crippen molar-refractivity contribution in [2.75, 3.05) is 5.32 Å². The van der Waals surface area contributed by atoms with Gasteiger partial charge in [0.05, 0.1) is 17.8 Å². The fraction of sp³-hybridized carbons (Fsp3) is 0.348. The molecule has 2 unspecified atom stereocenters. The minimum atomic E-state index is -0.490. The lowest BCUT2D eigenvalue weighted by molar-refractivity contribution is 0.165. The monoisotopic (exact) mass is 390 g/mol. The summed E-state index contributed by atoms with van der Waals surface area (Å²) in [5, 5.41) is 14.0. The van der Waals surface area contributed by atoms with E-state index in [0.29, 0.717) is 36.8 Å². The fourth-order valence-electron chi connectivity index (χ4n) is 3.73. The lowest BCUT2D eigenvalue weighted by atomic mass is 10.1. The summed E-state index contributed by atoms with van der Waals surface area (Å²) < 4.78 is 6.01. The Labute approximate surface area is 171 Å². The van der Waals surface area contributed by atoms with Gasteiger partial charge in [0.2, 0.25) is 11.8 Å². The van der Waals surface area contributed by atoms with Crippen molar-refractivity contribution in [2.45, 2.75) is 52.2 Å². The third-order valence-corrected chi connectivity index (χ3v) is 5.32. The molecule has 1 aliphatic carbocycles. The van der Waals surface area contributed by atoms with Crippen LogP contribution in [0.2, 0.25) is 0 Å². The summed E-state index contributed by atoms with van der Waals surface area (Å²) in [4.78, 5) is 13.9. The first-order valence-corrected chi connectivity index (χ1v) is 10.1. The van der Waals surface area contributed by atoms with Crippen LogP contribution in [0.4, 0.5) is 5.82 Å². The Bertz CT molecular complexity index is 1020. The molecule has 0 bridgehead atoms. The molecule has 3 aromatic rings. The van der Waals surface area contributed by atoms with Gasteiger partial charge in [0, 0.05) is 18.2 Å². The van der Waals surface area contributed by atoms with Gasteiger partial charge in [0.1, 0.15) is 11.5 Å². The van der Waals surface area contributed by atoms with E-state index in [1.54, 1.807) is 6.20 Å². The molecule has 0 spiro atoms. The Hall–Kier alpha value is -2.99. The molecule has 150 valence electrons. The second kappa shape index (κ2) is 8.17. The van der Waals surface area contributed by atoms with Crippen molar-refractivity contribution in [3.63, 3.8) is 0 Å². The van der Waals surface area contributed by atoms with E-state index in [2.05, 4.69) is 22.4 Å². The Kier molecular flexibility index (Phi) is 5.45. The summed E-state index contributed by atoms with van der Waals surface area (Å²) in [5.41, 5.74) is 4.80. The van der Waals surface area contributed by atoms with Crippen LogP contribution in [0.1, 0.15) is 48.0 Å². The summed E-state index contributed by atoms with van der Waals surface area (Å²) in [7, 11) is 0. The summed E-state index contributed by atoms with van der Waals surface area (Å²) >= 11 is 0. The SMILES string of the molecule is CCc1nc(Oc2ncccc2C)c(CC)nc1NC1c2ccccc2CC1O. The van der Waals surface area contributed by atoms with Gasteiger partial charge in [0.25, 0.3) is 0 Å². The minimum absolute atomic E-state index is 0.194. The maximum absolute atomic E-state index is 10.6. The van der Waals surface area contributed by atoms with Crippen LogP contribution in [0.25, 0.3) is 0 Å². The summed E-state index contributed by atoms with van der Waals surface area (Å²) in [6.45, 7) is 6.02. The molecule has 4 rings (SSSR count). The van der Waals surface area contributed by atoms with Crippen LogP contribution in [0.5, 0.6) is 11.8 Å². The zero-order chi connectivity index (χ0) is 20.4. The molecule has 0 saturated heterocycles. The molecule has 2 atom stereocenters. The summed E-state index contributed by atoms with van der Waals surface area (Å²) in [6.07, 6.45) is 3.23. The Balaban J connectivity index is 1.67. The highest BCUT2D eigenvalue weighted by Gasteiger charge is 2.31. The summed E-state index contributed by atoms with van der Waals surface area (Å²) in [5.74, 6) is 1.73. The van der Waals surface area contributed by atoms with Gasteiger partial charge in [-0.15, -0.1) is 0 Å². The van der Waals surface area contributed by atoms with E-state index in [-0.39, 0.29) is 6.04 Å². The number of ether oxygens (including phenoxy) is 1. The smallest absolute Gasteiger partial charge is 0.243 e. The number of anilines is 1. The highest BCUT2D eigenvalue weighted by atomic mass is 16.5. The zero-order valence-electron chi connectivity index (χ0n) is 17.0. The lowest BCUT2D eigenvalue weighted by Crippen LogP contribution is -2.23. The van der Waals surface area contributed by atoms with Gasteiger partial charge in [-0.25, -0.2) is 15.0 Å². The normalized spacial score (nSPS) is 17.8. The van der Waals surface area contributed by atoms with E-state index in [1.807, 2.05) is 45.0 Å². The number of fused-ring (bicyclic) bond motifs is 1. The molecule has 0 radical (unpaired) electrons. The van der Waals surface area contributed by atoms with Gasteiger partial charge in [-0.05, 0) is 37.0 Å². The molecule has 6 heteroatoms. The summed E-state index contributed by atoms with van der Waals surface area (Å²) in [6, 6.07) is 11.8. The van der Waals surface area contributed by atoms with Crippen molar-refractivity contribution in [3.05, 3.63) is 70.7 Å². The number of benzene rings is 1. The van der Waals surface area contributed by atoms with E-state index >= 15 is 0 Å². The van der Waals surface area contributed by atoms with E-state index in [1.165, 1.54) is 5.56 Å². The van der Waals surface area contributed by atoms with Gasteiger partial charge in [-0.2, -0.15) is 0 Å². The van der Waals surface area contributed by atoms with Gasteiger partial charge in [-0.1, -0.05) is 44.2 Å². The highest BCUT2D eigenvalue weighted by Crippen LogP contribution is 2.35. The first-order valence-electron chi connectivity index (χ1n) is 10.1. The van der Waals surface area contributed by atoms with Crippen molar-refractivity contribution in [2.24, 2.45) is 0 Å². The van der Waals surface area contributed by atoms with Crippen molar-refractivity contribution in [1.29, 1.82) is 0 Å². The number of rotatable bonds is 6. The Morgan fingerprint density at radius 2 is 1.83 bits per heavy atom. The first kappa shape index (κ1) is 19.3. The van der Waals surface area contributed by atoms with Gasteiger partial charge in [0.15, 0.2) is 0 Å². The van der Waals surface area contributed by atoms with Crippen molar-refractivity contribution >= 4 is 5.82 Å². The molecule has 6 nitrogen and oxygen atoms in total. The molecule has 0 aliphatic heterocycles. The zero-order valence-corrected chi connectivity index (χ0v) is 17.0. The van der Waals surface area contributed by atoms with Crippen LogP contribution in [-0.4, -0.2) is 26.2 Å². The minimum Gasteiger partial charge on any atom is -0.418 e. The fourth-order valence-corrected chi connectivity index (χ4v) is 3.73. The van der Waals surface area contributed by atoms with Crippen LogP contribution in [0.15, 0.2) is 42.6 Å². The second-order valence-corrected chi connectivity index (χ2v) is 7.30. The molecule has 1 aliphatic rings. The number of hydrogen-bond acceptors (Lipinski definition) is 6. The van der Waals surface area contributed by atoms with E-state index in [9.17, 15) is 5.11 Å². The lowest BCUT2D eigenvalue weighted by Gasteiger charge is -2.21. The Morgan fingerprint density at radius 1 is 1.03 bits per heavy atom. The largest absolute Gasteiger partial charge is 0.418 e. The average molecular weight is 390 g/mol. The number of aliphatic hydroxyl groups excluding tert-OH is 1. The quantitative estimate of drug-likeness (QED) is 0.658. The van der Waals surface area contributed by atoms with Crippen LogP contribution in [0, 0.1) is 6.92 Å². The maximum Gasteiger partial charge on any atom is 0.243 e. The van der Waals surface area contributed by atoms with Crippen LogP contribution >= 0.6 is 0 Å². The number of pyridine rings is 1. The van der Waals surface area contributed by atoms with Crippen molar-refractivity contribution in [1.82, 2.24) is 15.0 Å². The number of nitrogens with zero attached hydrogens (tertiary/aromatic N) is 3. The second-order valence-electron chi connectivity index (χ2n) is 7.30. The highest BCUT2D eigenvalue weighted by molar-refractivity contribution is 5.50. The molecular formula is C23H26N4O2. The number of hydrogen-bond donors (Lipinski definition) is 2. The third kappa shape index (κ3) is 3.80. The molecule has 2 heterocycles. The molecule has 2 N–H and O–H groups in total. The predicted molar refractivity (Wildman–Crippen MR) is 112 cm³/mol. The molecule has 0 amide bonds. The van der Waals surface area contributed by atoms with Crippen LogP contribution < -0.4 is 10.1 Å². The standard InChI is InChI=1S/C23H26N4O2/c1-4-17-21(27-20-16-11-7-6-10-15(16)13-19(20)28)25-18(5-2)23(26-17)29-22-14(3)9-8-12-24-22/h6-12,19-20,28H,4-5,13H2,1-3H3,(H,25,27). The number of aryl methyl sites for hydroxylation is 3. The average Bonchev–Trinajstić information content (AvgIpc) is 3.05. The molecular weight excluding hydrogens is 364 g/mol. The molecule has 0 saturated carbocycles. The molecule has 29 heavy (non-hydrogen) atoms. The van der Waals surface area contributed by atoms with E-state index in [4.69, 9.17) is 14.7 Å². The van der Waals surface area contributed by atoms with E-state index in [0.717, 1.165) is 22.5 Å². The number of aliphatic hydroxyl groups is 1. The molecule has 1 aromatic carbocycles. The van der Waals surface area contributed by atoms with Crippen LogP contribution in [0.3, 0.4) is 0 Å². The third-order valence-electron chi connectivity index (χ3n) is 5.32. The van der Waals surface area contributed by atoms with Gasteiger partial charge in [-0.3, -0.25) is 0 Å². The number of aromatic nitrogens is 3.